The summed E-state index contributed by atoms with van der Waals surface area (Å²) in [6.07, 6.45) is 2.15. The molecule has 3 nitrogen and oxygen atoms in total. The number of thioether (sulfide) groups is 1. The number of hydrogen-bond acceptors (Lipinski definition) is 3. The second-order valence-corrected chi connectivity index (χ2v) is 5.31. The lowest BCUT2D eigenvalue weighted by atomic mass is 10.0. The van der Waals surface area contributed by atoms with Gasteiger partial charge in [0.25, 0.3) is 0 Å². The molecule has 0 aromatic carbocycles. The number of hydrogen-bond donors (Lipinski definition) is 2. The minimum absolute atomic E-state index is 0. The summed E-state index contributed by atoms with van der Waals surface area (Å²) in [6.45, 7) is 3.47. The largest absolute Gasteiger partial charge is 0.352 e. The van der Waals surface area contributed by atoms with E-state index in [0.717, 1.165) is 24.3 Å². The monoisotopic (exact) mass is 238 g/mol. The molecule has 1 fully saturated rings. The van der Waals surface area contributed by atoms with Crippen LogP contribution >= 0.6 is 24.2 Å². The predicted octanol–water partition coefficient (Wildman–Crippen LogP) is 1.16. The van der Waals surface area contributed by atoms with E-state index in [9.17, 15) is 4.79 Å². The average Bonchev–Trinajstić information content (AvgIpc) is 2.04. The highest BCUT2D eigenvalue weighted by Crippen LogP contribution is 2.17. The first-order valence-electron chi connectivity index (χ1n) is 4.68. The first-order chi connectivity index (χ1) is 6.00. The van der Waals surface area contributed by atoms with Crippen molar-refractivity contribution >= 4 is 30.1 Å². The van der Waals surface area contributed by atoms with Crippen LogP contribution in [-0.4, -0.2) is 29.0 Å². The van der Waals surface area contributed by atoms with Crippen LogP contribution in [0.4, 0.5) is 0 Å². The van der Waals surface area contributed by atoms with Crippen molar-refractivity contribution in [3.05, 3.63) is 0 Å². The standard InChI is InChI=1S/C9H18N2OS.ClH/c1-9(2,10)8(12)11-7-3-5-13-6-4-7;/h7H,3-6,10H2,1-2H3,(H,11,12);1H. The highest BCUT2D eigenvalue weighted by molar-refractivity contribution is 7.99. The third kappa shape index (κ3) is 4.53. The maximum Gasteiger partial charge on any atom is 0.239 e. The van der Waals surface area contributed by atoms with E-state index in [2.05, 4.69) is 5.32 Å². The van der Waals surface area contributed by atoms with Gasteiger partial charge in [-0.1, -0.05) is 0 Å². The Bertz CT molecular complexity index is 188. The van der Waals surface area contributed by atoms with Crippen molar-refractivity contribution in [2.75, 3.05) is 11.5 Å². The number of halogens is 1. The summed E-state index contributed by atoms with van der Waals surface area (Å²) >= 11 is 1.95. The molecule has 0 spiro atoms. The summed E-state index contributed by atoms with van der Waals surface area (Å²) in [4.78, 5) is 11.5. The zero-order chi connectivity index (χ0) is 9.90. The second-order valence-electron chi connectivity index (χ2n) is 4.08. The number of rotatable bonds is 2. The molecule has 0 unspecified atom stereocenters. The van der Waals surface area contributed by atoms with E-state index in [1.807, 2.05) is 11.8 Å². The molecule has 5 heteroatoms. The molecule has 1 rings (SSSR count). The van der Waals surface area contributed by atoms with Crippen molar-refractivity contribution in [2.45, 2.75) is 38.3 Å². The zero-order valence-electron chi connectivity index (χ0n) is 8.71. The molecule has 0 radical (unpaired) electrons. The van der Waals surface area contributed by atoms with Crippen molar-refractivity contribution in [3.63, 3.8) is 0 Å². The maximum absolute atomic E-state index is 11.5. The van der Waals surface area contributed by atoms with Gasteiger partial charge in [-0.3, -0.25) is 4.79 Å². The molecule has 1 saturated heterocycles. The molecule has 0 saturated carbocycles. The Kier molecular flexibility index (Phi) is 5.86. The third-order valence-electron chi connectivity index (χ3n) is 2.14. The van der Waals surface area contributed by atoms with E-state index in [1.165, 1.54) is 0 Å². The molecule has 1 aliphatic heterocycles. The van der Waals surface area contributed by atoms with Crippen molar-refractivity contribution < 1.29 is 4.79 Å². The van der Waals surface area contributed by atoms with Gasteiger partial charge in [0.2, 0.25) is 5.91 Å². The van der Waals surface area contributed by atoms with Crippen LogP contribution in [0.15, 0.2) is 0 Å². The van der Waals surface area contributed by atoms with Gasteiger partial charge < -0.3 is 11.1 Å². The Labute approximate surface area is 96.0 Å². The van der Waals surface area contributed by atoms with E-state index < -0.39 is 5.54 Å². The van der Waals surface area contributed by atoms with Gasteiger partial charge in [0.05, 0.1) is 5.54 Å². The first-order valence-corrected chi connectivity index (χ1v) is 5.83. The second kappa shape index (κ2) is 5.83. The van der Waals surface area contributed by atoms with Crippen LogP contribution in [0.2, 0.25) is 0 Å². The van der Waals surface area contributed by atoms with E-state index in [4.69, 9.17) is 5.73 Å². The van der Waals surface area contributed by atoms with Gasteiger partial charge in [0.15, 0.2) is 0 Å². The van der Waals surface area contributed by atoms with Gasteiger partial charge in [-0.15, -0.1) is 12.4 Å². The van der Waals surface area contributed by atoms with Crippen molar-refractivity contribution in [1.29, 1.82) is 0 Å². The van der Waals surface area contributed by atoms with Crippen LogP contribution in [0, 0.1) is 0 Å². The fourth-order valence-electron chi connectivity index (χ4n) is 1.21. The molecular formula is C9H19ClN2OS. The smallest absolute Gasteiger partial charge is 0.239 e. The first kappa shape index (κ1) is 14.1. The van der Waals surface area contributed by atoms with Crippen LogP contribution in [0.1, 0.15) is 26.7 Å². The van der Waals surface area contributed by atoms with Crippen LogP contribution in [0.5, 0.6) is 0 Å². The summed E-state index contributed by atoms with van der Waals surface area (Å²) in [5, 5.41) is 2.98. The van der Waals surface area contributed by atoms with E-state index >= 15 is 0 Å². The molecule has 0 bridgehead atoms. The van der Waals surface area contributed by atoms with Gasteiger partial charge in [0.1, 0.15) is 0 Å². The normalized spacial score (nSPS) is 18.5. The Morgan fingerprint density at radius 2 is 1.93 bits per heavy atom. The van der Waals surface area contributed by atoms with Gasteiger partial charge in [-0.05, 0) is 38.2 Å². The molecule has 1 aliphatic rings. The molecule has 1 amide bonds. The fourth-order valence-corrected chi connectivity index (χ4v) is 2.32. The average molecular weight is 239 g/mol. The summed E-state index contributed by atoms with van der Waals surface area (Å²) in [5.41, 5.74) is 4.93. The fraction of sp³-hybridized carbons (Fsp3) is 0.889. The Morgan fingerprint density at radius 3 is 2.36 bits per heavy atom. The lowest BCUT2D eigenvalue weighted by Gasteiger charge is -2.26. The molecule has 14 heavy (non-hydrogen) atoms. The number of nitrogens with one attached hydrogen (secondary N) is 1. The van der Waals surface area contributed by atoms with Gasteiger partial charge in [0, 0.05) is 6.04 Å². The molecule has 3 N–H and O–H groups in total. The van der Waals surface area contributed by atoms with Crippen LogP contribution in [0.3, 0.4) is 0 Å². The highest BCUT2D eigenvalue weighted by Gasteiger charge is 2.25. The minimum atomic E-state index is -0.745. The number of nitrogens with two attached hydrogens (primary N) is 1. The summed E-state index contributed by atoms with van der Waals surface area (Å²) in [6, 6.07) is 0.344. The highest BCUT2D eigenvalue weighted by atomic mass is 35.5. The molecular weight excluding hydrogens is 220 g/mol. The zero-order valence-corrected chi connectivity index (χ0v) is 10.3. The van der Waals surface area contributed by atoms with Gasteiger partial charge in [-0.2, -0.15) is 11.8 Å². The van der Waals surface area contributed by atoms with Crippen LogP contribution < -0.4 is 11.1 Å². The van der Waals surface area contributed by atoms with Crippen LogP contribution in [-0.2, 0) is 4.79 Å². The van der Waals surface area contributed by atoms with Crippen molar-refractivity contribution in [2.24, 2.45) is 5.73 Å². The van der Waals surface area contributed by atoms with E-state index in [0.29, 0.717) is 6.04 Å². The topological polar surface area (TPSA) is 55.1 Å². The Morgan fingerprint density at radius 1 is 1.43 bits per heavy atom. The summed E-state index contributed by atoms with van der Waals surface area (Å²) in [7, 11) is 0. The number of carbonyl (C=O) groups excluding carboxylic acids is 1. The SMILES string of the molecule is CC(C)(N)C(=O)NC1CCSCC1.Cl. The lowest BCUT2D eigenvalue weighted by Crippen LogP contribution is -2.52. The third-order valence-corrected chi connectivity index (χ3v) is 3.19. The molecule has 0 aliphatic carbocycles. The quantitative estimate of drug-likeness (QED) is 0.759. The molecule has 0 atom stereocenters. The van der Waals surface area contributed by atoms with E-state index in [1.54, 1.807) is 13.8 Å². The van der Waals surface area contributed by atoms with Crippen molar-refractivity contribution in [3.8, 4) is 0 Å². The molecule has 1 heterocycles. The predicted molar refractivity (Wildman–Crippen MR) is 64.0 cm³/mol. The van der Waals surface area contributed by atoms with Crippen LogP contribution in [0.25, 0.3) is 0 Å². The van der Waals surface area contributed by atoms with E-state index in [-0.39, 0.29) is 18.3 Å². The number of carbonyl (C=O) groups is 1. The summed E-state index contributed by atoms with van der Waals surface area (Å²) < 4.78 is 0. The van der Waals surface area contributed by atoms with Gasteiger partial charge >= 0.3 is 0 Å². The van der Waals surface area contributed by atoms with Gasteiger partial charge in [-0.25, -0.2) is 0 Å². The van der Waals surface area contributed by atoms with Crippen molar-refractivity contribution in [1.82, 2.24) is 5.32 Å². The molecule has 0 aromatic heterocycles. The Hall–Kier alpha value is 0.0700. The Balaban J connectivity index is 0.00000169. The molecule has 0 aromatic rings. The summed E-state index contributed by atoms with van der Waals surface area (Å²) in [5.74, 6) is 2.26. The number of amides is 1. The minimum Gasteiger partial charge on any atom is -0.352 e. The maximum atomic E-state index is 11.5. The molecule has 84 valence electrons. The lowest BCUT2D eigenvalue weighted by molar-refractivity contribution is -0.126.